The molecule has 2 N–H and O–H groups in total. The van der Waals surface area contributed by atoms with Crippen LogP contribution in [0.15, 0.2) is 30.3 Å². The van der Waals surface area contributed by atoms with Crippen molar-refractivity contribution >= 4 is 28.8 Å². The number of aromatic nitrogens is 2. The minimum atomic E-state index is -3.21. The fourth-order valence-corrected chi connectivity index (χ4v) is 6.07. The Morgan fingerprint density at radius 2 is 1.93 bits per heavy atom. The van der Waals surface area contributed by atoms with Crippen LogP contribution in [0.25, 0.3) is 11.0 Å². The first kappa shape index (κ1) is 27.8. The van der Waals surface area contributed by atoms with Gasteiger partial charge in [0.15, 0.2) is 0 Å². The van der Waals surface area contributed by atoms with E-state index in [0.29, 0.717) is 48.8 Å². The smallest absolute Gasteiger partial charge is 0.414 e. The van der Waals surface area contributed by atoms with Gasteiger partial charge in [0, 0.05) is 23.2 Å². The van der Waals surface area contributed by atoms with Gasteiger partial charge >= 0.3 is 18.7 Å². The Labute approximate surface area is 228 Å². The summed E-state index contributed by atoms with van der Waals surface area (Å²) in [6.45, 7) is -1.30. The van der Waals surface area contributed by atoms with Crippen LogP contribution in [0.5, 0.6) is 5.75 Å². The van der Waals surface area contributed by atoms with Gasteiger partial charge in [-0.05, 0) is 69.4 Å². The minimum Gasteiger partial charge on any atom is -0.481 e. The van der Waals surface area contributed by atoms with Crippen LogP contribution in [0.2, 0.25) is 0 Å². The highest BCUT2D eigenvalue weighted by atomic mass is 19.3. The predicted octanol–water partition coefficient (Wildman–Crippen LogP) is 5.58. The van der Waals surface area contributed by atoms with Gasteiger partial charge in [-0.15, -0.1) is 0 Å². The number of carboxylic acids is 1. The van der Waals surface area contributed by atoms with Crippen LogP contribution >= 0.6 is 0 Å². The molecular formula is C28H30F3N3O6. The SMILES string of the molecule is COC(=O)N1c2ccc3c(nc([C@@H](O)c4cc(F)ccc4OC(F)F)n3[C@@H]3CCC[C@H](C(=O)O)C3)c2CC[C@@H]1C. The van der Waals surface area contributed by atoms with Gasteiger partial charge in [-0.25, -0.2) is 14.2 Å². The summed E-state index contributed by atoms with van der Waals surface area (Å²) in [6, 6.07) is 5.89. The van der Waals surface area contributed by atoms with Gasteiger partial charge in [-0.1, -0.05) is 6.42 Å². The molecule has 0 spiro atoms. The highest BCUT2D eigenvalue weighted by Gasteiger charge is 2.36. The van der Waals surface area contributed by atoms with Crippen LogP contribution in [-0.4, -0.2) is 51.6 Å². The fraction of sp³-hybridized carbons (Fsp3) is 0.464. The lowest BCUT2D eigenvalue weighted by molar-refractivity contribution is -0.143. The maximum atomic E-state index is 14.3. The maximum Gasteiger partial charge on any atom is 0.414 e. The molecule has 2 aromatic carbocycles. The Morgan fingerprint density at radius 3 is 2.62 bits per heavy atom. The second-order valence-corrected chi connectivity index (χ2v) is 10.3. The van der Waals surface area contributed by atoms with Crippen LogP contribution in [-0.2, 0) is 16.0 Å². The van der Waals surface area contributed by atoms with Gasteiger partial charge in [-0.2, -0.15) is 8.78 Å². The molecule has 12 heteroatoms. The molecule has 214 valence electrons. The normalized spacial score (nSPS) is 21.8. The predicted molar refractivity (Wildman–Crippen MR) is 138 cm³/mol. The Balaban J connectivity index is 1.71. The number of alkyl halides is 2. The van der Waals surface area contributed by atoms with Crippen LogP contribution in [0.3, 0.4) is 0 Å². The van der Waals surface area contributed by atoms with Crippen molar-refractivity contribution in [3.8, 4) is 5.75 Å². The minimum absolute atomic E-state index is 0.0485. The third kappa shape index (κ3) is 4.96. The molecule has 1 aliphatic carbocycles. The number of fused-ring (bicyclic) bond motifs is 3. The van der Waals surface area contributed by atoms with Crippen LogP contribution in [0.4, 0.5) is 23.7 Å². The first-order valence-electron chi connectivity index (χ1n) is 13.2. The van der Waals surface area contributed by atoms with E-state index in [2.05, 4.69) is 4.74 Å². The number of aryl methyl sites for hydroxylation is 1. The molecule has 1 fully saturated rings. The summed E-state index contributed by atoms with van der Waals surface area (Å²) in [5.74, 6) is -2.65. The van der Waals surface area contributed by atoms with E-state index in [1.807, 2.05) is 6.92 Å². The van der Waals surface area contributed by atoms with Gasteiger partial charge in [-0.3, -0.25) is 9.69 Å². The first-order valence-corrected chi connectivity index (χ1v) is 13.2. The number of hydrogen-bond donors (Lipinski definition) is 2. The number of rotatable bonds is 6. The summed E-state index contributed by atoms with van der Waals surface area (Å²) in [4.78, 5) is 30.8. The van der Waals surface area contributed by atoms with E-state index in [0.717, 1.165) is 23.8 Å². The van der Waals surface area contributed by atoms with E-state index in [1.165, 1.54) is 12.0 Å². The van der Waals surface area contributed by atoms with E-state index in [-0.39, 0.29) is 29.9 Å². The Kier molecular flexibility index (Phi) is 7.63. The van der Waals surface area contributed by atoms with E-state index in [1.54, 1.807) is 16.7 Å². The van der Waals surface area contributed by atoms with Crippen LogP contribution in [0.1, 0.15) is 68.1 Å². The summed E-state index contributed by atoms with van der Waals surface area (Å²) < 4.78 is 51.9. The molecule has 4 atom stereocenters. The van der Waals surface area contributed by atoms with Gasteiger partial charge in [0.25, 0.3) is 0 Å². The standard InChI is InChI=1S/C28H30F3N3O6/c1-14-6-8-18-20(33(14)28(38)39-2)9-10-21-23(18)32-25(34(21)17-5-3-4-15(12-17)26(36)37)24(35)19-13-16(29)7-11-22(19)40-27(30)31/h7,9-11,13-15,17,24,27,35H,3-6,8,12H2,1-2H3,(H,36,37)/t14-,15-,17+,24-/m0/s1. The lowest BCUT2D eigenvalue weighted by Gasteiger charge is -2.34. The molecular weight excluding hydrogens is 531 g/mol. The van der Waals surface area contributed by atoms with Crippen LogP contribution < -0.4 is 9.64 Å². The fourth-order valence-electron chi connectivity index (χ4n) is 6.07. The first-order chi connectivity index (χ1) is 19.1. The van der Waals surface area contributed by atoms with Crippen molar-refractivity contribution in [1.29, 1.82) is 0 Å². The van der Waals surface area contributed by atoms with Crippen molar-refractivity contribution < 1.29 is 42.4 Å². The van der Waals surface area contributed by atoms with Crippen molar-refractivity contribution in [3.05, 3.63) is 53.1 Å². The monoisotopic (exact) mass is 561 g/mol. The number of hydrogen-bond acceptors (Lipinski definition) is 6. The highest BCUT2D eigenvalue weighted by Crippen LogP contribution is 2.43. The zero-order valence-electron chi connectivity index (χ0n) is 22.0. The lowest BCUT2D eigenvalue weighted by atomic mass is 9.85. The van der Waals surface area contributed by atoms with Crippen molar-refractivity contribution in [3.63, 3.8) is 0 Å². The Hall–Kier alpha value is -3.80. The average Bonchev–Trinajstić information content (AvgIpc) is 3.33. The summed E-state index contributed by atoms with van der Waals surface area (Å²) >= 11 is 0. The number of aliphatic hydroxyl groups is 1. The molecule has 1 aromatic heterocycles. The molecule has 0 radical (unpaired) electrons. The summed E-state index contributed by atoms with van der Waals surface area (Å²) in [5, 5.41) is 21.3. The van der Waals surface area contributed by atoms with E-state index in [4.69, 9.17) is 9.72 Å². The molecule has 1 amide bonds. The number of benzene rings is 2. The molecule has 1 saturated carbocycles. The number of imidazole rings is 1. The number of halogens is 3. The number of ether oxygens (including phenoxy) is 2. The number of anilines is 1. The molecule has 5 rings (SSSR count). The second kappa shape index (κ2) is 11.0. The number of aliphatic carboxylic acids is 1. The van der Waals surface area contributed by atoms with Crippen molar-refractivity contribution in [2.24, 2.45) is 5.92 Å². The third-order valence-corrected chi connectivity index (χ3v) is 7.94. The Morgan fingerprint density at radius 1 is 1.15 bits per heavy atom. The second-order valence-electron chi connectivity index (χ2n) is 10.3. The van der Waals surface area contributed by atoms with Crippen molar-refractivity contribution in [2.45, 2.75) is 70.2 Å². The third-order valence-electron chi connectivity index (χ3n) is 7.94. The lowest BCUT2D eigenvalue weighted by Crippen LogP contribution is -2.42. The average molecular weight is 562 g/mol. The molecule has 40 heavy (non-hydrogen) atoms. The molecule has 0 unspecified atom stereocenters. The van der Waals surface area contributed by atoms with Gasteiger partial charge in [0.2, 0.25) is 0 Å². The van der Waals surface area contributed by atoms with E-state index >= 15 is 0 Å². The van der Waals surface area contributed by atoms with E-state index in [9.17, 15) is 33.0 Å². The number of aliphatic hydroxyl groups excluding tert-OH is 1. The number of carbonyl (C=O) groups is 2. The zero-order chi connectivity index (χ0) is 28.7. The number of carbonyl (C=O) groups excluding carboxylic acids is 1. The quantitative estimate of drug-likeness (QED) is 0.404. The van der Waals surface area contributed by atoms with Crippen LogP contribution in [0, 0.1) is 11.7 Å². The molecule has 3 aromatic rings. The van der Waals surface area contributed by atoms with Gasteiger partial charge in [0.1, 0.15) is 23.5 Å². The largest absolute Gasteiger partial charge is 0.481 e. The summed E-state index contributed by atoms with van der Waals surface area (Å²) in [5.41, 5.74) is 2.18. The topological polar surface area (TPSA) is 114 Å². The maximum absolute atomic E-state index is 14.3. The molecule has 9 nitrogen and oxygen atoms in total. The molecule has 2 heterocycles. The number of amides is 1. The number of methoxy groups -OCH3 is 1. The summed E-state index contributed by atoms with van der Waals surface area (Å²) in [7, 11) is 1.30. The van der Waals surface area contributed by atoms with Gasteiger partial charge < -0.3 is 24.3 Å². The summed E-state index contributed by atoms with van der Waals surface area (Å²) in [6.07, 6.45) is 0.980. The molecule has 0 bridgehead atoms. The van der Waals surface area contributed by atoms with E-state index < -0.39 is 42.3 Å². The Bertz CT molecular complexity index is 1440. The molecule has 1 aliphatic heterocycles. The zero-order valence-corrected chi connectivity index (χ0v) is 22.0. The molecule has 2 aliphatic rings. The van der Waals surface area contributed by atoms with Crippen molar-refractivity contribution in [1.82, 2.24) is 9.55 Å². The van der Waals surface area contributed by atoms with Gasteiger partial charge in [0.05, 0.1) is 29.7 Å². The highest BCUT2D eigenvalue weighted by molar-refractivity contribution is 5.95. The van der Waals surface area contributed by atoms with Crippen molar-refractivity contribution in [2.75, 3.05) is 12.0 Å². The number of nitrogens with zero attached hydrogens (tertiary/aromatic N) is 3. The molecule has 0 saturated heterocycles. The number of carboxylic acid groups (broad SMARTS) is 1.